The minimum Gasteiger partial charge on any atom is -0.351 e. The van der Waals surface area contributed by atoms with Crippen molar-refractivity contribution < 1.29 is 19.2 Å². The third-order valence-electron chi connectivity index (χ3n) is 10.1. The molecule has 5 fully saturated rings. The fourth-order valence-electron chi connectivity index (χ4n) is 9.56. The standard InChI is InChI=1S/C32H43N3O4S/c1-30-14-21-15-31(2,18-30)20-32(16-21,19-30)34-27(37)10-5-3-4-6-13-40-25-9-7-8-22-23(25)17-35(29(22)39)24-11-12-26(36)33-28(24)38/h7-9,21,24H,3-6,10-20H2,1-2H3,(H,34,37)(H,33,36,38). The van der Waals surface area contributed by atoms with Crippen molar-refractivity contribution >= 4 is 35.4 Å². The summed E-state index contributed by atoms with van der Waals surface area (Å²) in [6, 6.07) is 5.22. The lowest BCUT2D eigenvalue weighted by Crippen LogP contribution is -2.65. The Hall–Kier alpha value is -2.35. The predicted octanol–water partition coefficient (Wildman–Crippen LogP) is 5.36. The minimum absolute atomic E-state index is 0.0434. The normalized spacial score (nSPS) is 34.2. The van der Waals surface area contributed by atoms with Gasteiger partial charge < -0.3 is 10.2 Å². The first kappa shape index (κ1) is 27.8. The van der Waals surface area contributed by atoms with Crippen molar-refractivity contribution in [3.05, 3.63) is 29.3 Å². The predicted molar refractivity (Wildman–Crippen MR) is 155 cm³/mol. The molecule has 0 spiro atoms. The Balaban J connectivity index is 0.924. The highest BCUT2D eigenvalue weighted by molar-refractivity contribution is 7.99. The van der Waals surface area contributed by atoms with Crippen molar-refractivity contribution in [2.75, 3.05) is 5.75 Å². The summed E-state index contributed by atoms with van der Waals surface area (Å²) >= 11 is 1.76. The molecule has 2 heterocycles. The lowest BCUT2D eigenvalue weighted by atomic mass is 9.43. The molecule has 0 radical (unpaired) electrons. The third-order valence-corrected chi connectivity index (χ3v) is 11.3. The number of nitrogens with zero attached hydrogens (tertiary/aromatic N) is 1. The third kappa shape index (κ3) is 5.45. The van der Waals surface area contributed by atoms with Gasteiger partial charge in [0.25, 0.3) is 5.91 Å². The summed E-state index contributed by atoms with van der Waals surface area (Å²) in [6.07, 6.45) is 12.9. The molecule has 6 aliphatic rings. The minimum atomic E-state index is -0.582. The average Bonchev–Trinajstić information content (AvgIpc) is 3.18. The van der Waals surface area contributed by atoms with E-state index in [1.165, 1.54) is 25.7 Å². The summed E-state index contributed by atoms with van der Waals surface area (Å²) in [7, 11) is 0. The summed E-state index contributed by atoms with van der Waals surface area (Å²) < 4.78 is 0. The van der Waals surface area contributed by atoms with Crippen LogP contribution in [0.15, 0.2) is 23.1 Å². The van der Waals surface area contributed by atoms with E-state index in [4.69, 9.17) is 0 Å². The van der Waals surface area contributed by atoms with E-state index in [1.807, 2.05) is 12.1 Å². The zero-order valence-corrected chi connectivity index (χ0v) is 24.8. The van der Waals surface area contributed by atoms with Gasteiger partial charge >= 0.3 is 0 Å². The lowest BCUT2D eigenvalue weighted by molar-refractivity contribution is -0.140. The second kappa shape index (κ2) is 10.5. The number of piperidine rings is 1. The lowest BCUT2D eigenvalue weighted by Gasteiger charge is -2.65. The van der Waals surface area contributed by atoms with E-state index < -0.39 is 6.04 Å². The van der Waals surface area contributed by atoms with E-state index in [-0.39, 0.29) is 35.6 Å². The molecule has 0 aromatic heterocycles. The first-order valence-corrected chi connectivity index (χ1v) is 16.3. The molecule has 2 N–H and O–H groups in total. The molecule has 216 valence electrons. The van der Waals surface area contributed by atoms with Crippen LogP contribution in [-0.2, 0) is 20.9 Å². The van der Waals surface area contributed by atoms with Crippen LogP contribution >= 0.6 is 11.8 Å². The van der Waals surface area contributed by atoms with Crippen molar-refractivity contribution in [3.8, 4) is 0 Å². The zero-order chi connectivity index (χ0) is 28.1. The van der Waals surface area contributed by atoms with Gasteiger partial charge in [0.05, 0.1) is 0 Å². The van der Waals surface area contributed by atoms with Crippen molar-refractivity contribution in [1.82, 2.24) is 15.5 Å². The molecule has 7 nitrogen and oxygen atoms in total. The zero-order valence-electron chi connectivity index (χ0n) is 24.0. The molecule has 4 saturated carbocycles. The van der Waals surface area contributed by atoms with Crippen LogP contribution in [0, 0.1) is 16.7 Å². The fraction of sp³-hybridized carbons (Fsp3) is 0.688. The van der Waals surface area contributed by atoms with E-state index in [0.29, 0.717) is 35.8 Å². The maximum absolute atomic E-state index is 13.0. The number of rotatable bonds is 10. The number of amides is 4. The van der Waals surface area contributed by atoms with Crippen molar-refractivity contribution in [2.24, 2.45) is 16.7 Å². The molecule has 4 aliphatic carbocycles. The summed E-state index contributed by atoms with van der Waals surface area (Å²) in [6.45, 7) is 5.31. The molecule has 7 rings (SSSR count). The Labute approximate surface area is 242 Å². The van der Waals surface area contributed by atoms with Gasteiger partial charge in [0.1, 0.15) is 6.04 Å². The Morgan fingerprint density at radius 3 is 2.50 bits per heavy atom. The SMILES string of the molecule is CC12CC3CC(C)(C1)CC(NC(=O)CCCCCCSc1cccc4c1CN(C1CCC(=O)NC1=O)C4=O)(C3)C2. The number of nitrogens with one attached hydrogen (secondary N) is 2. The van der Waals surface area contributed by atoms with Gasteiger partial charge in [0.15, 0.2) is 0 Å². The second-order valence-corrected chi connectivity index (χ2v) is 15.3. The van der Waals surface area contributed by atoms with Gasteiger partial charge in [0, 0.05) is 35.4 Å². The number of benzene rings is 1. The van der Waals surface area contributed by atoms with E-state index in [0.717, 1.165) is 60.7 Å². The summed E-state index contributed by atoms with van der Waals surface area (Å²) in [5.74, 6) is 1.22. The van der Waals surface area contributed by atoms with Crippen LogP contribution in [0.2, 0.25) is 0 Å². The molecule has 1 aromatic rings. The van der Waals surface area contributed by atoms with Crippen LogP contribution < -0.4 is 10.6 Å². The van der Waals surface area contributed by atoms with Crippen LogP contribution in [0.3, 0.4) is 0 Å². The first-order chi connectivity index (χ1) is 19.1. The van der Waals surface area contributed by atoms with Gasteiger partial charge in [-0.25, -0.2) is 0 Å². The molecule has 8 heteroatoms. The fourth-order valence-corrected chi connectivity index (χ4v) is 10.7. The van der Waals surface area contributed by atoms with Crippen molar-refractivity contribution in [1.29, 1.82) is 0 Å². The van der Waals surface area contributed by atoms with Crippen LogP contribution in [0.5, 0.6) is 0 Å². The number of fused-ring (bicyclic) bond motifs is 1. The summed E-state index contributed by atoms with van der Waals surface area (Å²) in [5.41, 5.74) is 2.53. The van der Waals surface area contributed by atoms with Gasteiger partial charge in [-0.15, -0.1) is 11.8 Å². The van der Waals surface area contributed by atoms with Crippen LogP contribution in [-0.4, -0.2) is 45.9 Å². The smallest absolute Gasteiger partial charge is 0.255 e. The molecule has 40 heavy (non-hydrogen) atoms. The first-order valence-electron chi connectivity index (χ1n) is 15.3. The maximum Gasteiger partial charge on any atom is 0.255 e. The van der Waals surface area contributed by atoms with Crippen LogP contribution in [0.25, 0.3) is 0 Å². The number of hydrogen-bond donors (Lipinski definition) is 2. The Bertz CT molecular complexity index is 1210. The van der Waals surface area contributed by atoms with Crippen molar-refractivity contribution in [3.63, 3.8) is 0 Å². The molecule has 1 saturated heterocycles. The average molecular weight is 566 g/mol. The molecule has 4 bridgehead atoms. The van der Waals surface area contributed by atoms with Crippen molar-refractivity contribution in [2.45, 2.75) is 120 Å². The Kier molecular flexibility index (Phi) is 7.29. The highest BCUT2D eigenvalue weighted by Gasteiger charge is 2.60. The summed E-state index contributed by atoms with van der Waals surface area (Å²) in [5, 5.41) is 5.91. The van der Waals surface area contributed by atoms with Crippen LogP contribution in [0.1, 0.15) is 113 Å². The van der Waals surface area contributed by atoms with Gasteiger partial charge in [-0.05, 0) is 98.0 Å². The van der Waals surface area contributed by atoms with E-state index in [2.05, 4.69) is 30.5 Å². The number of thioether (sulfide) groups is 1. The monoisotopic (exact) mass is 565 g/mol. The molecule has 2 aliphatic heterocycles. The maximum atomic E-state index is 13.0. The quantitative estimate of drug-likeness (QED) is 0.226. The van der Waals surface area contributed by atoms with E-state index in [9.17, 15) is 19.2 Å². The molecular formula is C32H43N3O4S. The highest BCUT2D eigenvalue weighted by atomic mass is 32.2. The number of carbonyl (C=O) groups is 4. The van der Waals surface area contributed by atoms with Crippen LogP contribution in [0.4, 0.5) is 0 Å². The molecule has 1 aromatic carbocycles. The number of hydrogen-bond acceptors (Lipinski definition) is 5. The van der Waals surface area contributed by atoms with E-state index in [1.54, 1.807) is 16.7 Å². The molecule has 3 atom stereocenters. The van der Waals surface area contributed by atoms with Gasteiger partial charge in [-0.2, -0.15) is 0 Å². The largest absolute Gasteiger partial charge is 0.351 e. The van der Waals surface area contributed by atoms with Gasteiger partial charge in [-0.3, -0.25) is 24.5 Å². The molecular weight excluding hydrogens is 522 g/mol. The number of unbranched alkanes of at least 4 members (excludes halogenated alkanes) is 3. The number of imide groups is 1. The topological polar surface area (TPSA) is 95.6 Å². The number of carbonyl (C=O) groups excluding carboxylic acids is 4. The second-order valence-electron chi connectivity index (χ2n) is 14.2. The Morgan fingerprint density at radius 1 is 1.02 bits per heavy atom. The van der Waals surface area contributed by atoms with E-state index >= 15 is 0 Å². The Morgan fingerprint density at radius 2 is 1.77 bits per heavy atom. The molecule has 3 unspecified atom stereocenters. The molecule has 4 amide bonds. The van der Waals surface area contributed by atoms with Gasteiger partial charge in [0.2, 0.25) is 17.7 Å². The van der Waals surface area contributed by atoms with Gasteiger partial charge in [-0.1, -0.05) is 32.8 Å². The highest BCUT2D eigenvalue weighted by Crippen LogP contribution is 2.66. The summed E-state index contributed by atoms with van der Waals surface area (Å²) in [4.78, 5) is 52.5.